The van der Waals surface area contributed by atoms with Gasteiger partial charge in [-0.2, -0.15) is 0 Å². The second-order valence-electron chi connectivity index (χ2n) is 11.7. The molecule has 4 N–H and O–H groups in total. The highest BCUT2D eigenvalue weighted by Gasteiger charge is 2.20. The van der Waals surface area contributed by atoms with Crippen molar-refractivity contribution in [1.29, 1.82) is 0 Å². The number of amides is 2. The van der Waals surface area contributed by atoms with E-state index in [1.54, 1.807) is 13.0 Å². The molecule has 0 rings (SSSR count). The molecule has 0 aromatic carbocycles. The van der Waals surface area contributed by atoms with Crippen molar-refractivity contribution in [2.24, 2.45) is 0 Å². The zero-order chi connectivity index (χ0) is 31.1. The van der Waals surface area contributed by atoms with Crippen molar-refractivity contribution in [1.82, 2.24) is 21.4 Å². The van der Waals surface area contributed by atoms with Crippen LogP contribution in [0.15, 0.2) is 11.9 Å². The quantitative estimate of drug-likeness (QED) is 0.0368. The van der Waals surface area contributed by atoms with Crippen molar-refractivity contribution in [3.63, 3.8) is 0 Å². The number of nitrogens with one attached hydrogen (secondary N) is 4. The van der Waals surface area contributed by atoms with Gasteiger partial charge in [0.1, 0.15) is 6.04 Å². The largest absolute Gasteiger partial charge is 0.368 e. The summed E-state index contributed by atoms with van der Waals surface area (Å²) in [5.74, 6) is 0.173. The maximum atomic E-state index is 12.8. The van der Waals surface area contributed by atoms with Crippen LogP contribution in [0.3, 0.4) is 0 Å². The van der Waals surface area contributed by atoms with Gasteiger partial charge in [0.25, 0.3) is 0 Å². The predicted molar refractivity (Wildman–Crippen MR) is 174 cm³/mol. The summed E-state index contributed by atoms with van der Waals surface area (Å²) in [5.41, 5.74) is 2.12. The molecule has 0 bridgehead atoms. The SMILES string of the molecule is C/C=C(\NCCCC[C@H](NC(=O)CCCCCCCCCCCCCCCCC)C(=O)NCCCCCC)N[N+](=O)[O-]. The first-order chi connectivity index (χ1) is 20.4. The van der Waals surface area contributed by atoms with Gasteiger partial charge in [0.15, 0.2) is 10.9 Å². The Morgan fingerprint density at radius 2 is 1.12 bits per heavy atom. The molecule has 0 unspecified atom stereocenters. The molecule has 0 aromatic heterocycles. The lowest BCUT2D eigenvalue weighted by atomic mass is 10.0. The molecule has 42 heavy (non-hydrogen) atoms. The van der Waals surface area contributed by atoms with E-state index in [0.29, 0.717) is 31.8 Å². The monoisotopic (exact) mass is 596 g/mol. The Kier molecular flexibility index (Phi) is 28.5. The molecule has 1 atom stereocenters. The van der Waals surface area contributed by atoms with Crippen LogP contribution >= 0.6 is 0 Å². The van der Waals surface area contributed by atoms with E-state index in [1.165, 1.54) is 83.5 Å². The number of nitrogens with zero attached hydrogens (tertiary/aromatic N) is 1. The Morgan fingerprint density at radius 3 is 1.62 bits per heavy atom. The van der Waals surface area contributed by atoms with E-state index in [0.717, 1.165) is 51.4 Å². The van der Waals surface area contributed by atoms with Crippen molar-refractivity contribution < 1.29 is 14.6 Å². The molecule has 9 nitrogen and oxygen atoms in total. The summed E-state index contributed by atoms with van der Waals surface area (Å²) in [5, 5.41) is 19.0. The maximum Gasteiger partial charge on any atom is 0.242 e. The summed E-state index contributed by atoms with van der Waals surface area (Å²) in [4.78, 5) is 36.1. The molecule has 0 heterocycles. The van der Waals surface area contributed by atoms with Crippen molar-refractivity contribution in [2.75, 3.05) is 13.1 Å². The summed E-state index contributed by atoms with van der Waals surface area (Å²) in [6.07, 6.45) is 27.7. The minimum atomic E-state index is -0.600. The lowest BCUT2D eigenvalue weighted by Gasteiger charge is -2.19. The zero-order valence-electron chi connectivity index (χ0n) is 27.4. The average Bonchev–Trinajstić information content (AvgIpc) is 2.97. The van der Waals surface area contributed by atoms with Crippen molar-refractivity contribution in [3.8, 4) is 0 Å². The number of carbonyl (C=O) groups is 2. The first-order valence-corrected chi connectivity index (χ1v) is 17.3. The van der Waals surface area contributed by atoms with Gasteiger partial charge in [-0.3, -0.25) is 9.59 Å². The summed E-state index contributed by atoms with van der Waals surface area (Å²) in [6.45, 7) is 7.31. The number of unbranched alkanes of at least 4 members (excludes halogenated alkanes) is 18. The minimum absolute atomic E-state index is 0.0552. The van der Waals surface area contributed by atoms with Gasteiger partial charge >= 0.3 is 0 Å². The van der Waals surface area contributed by atoms with E-state index in [1.807, 2.05) is 0 Å². The molecule has 0 aromatic rings. The third kappa shape index (κ3) is 26.6. The summed E-state index contributed by atoms with van der Waals surface area (Å²) in [6, 6.07) is -0.543. The molecule has 0 aliphatic carbocycles. The van der Waals surface area contributed by atoms with Gasteiger partial charge in [-0.1, -0.05) is 128 Å². The highest BCUT2D eigenvalue weighted by molar-refractivity contribution is 5.87. The van der Waals surface area contributed by atoms with Crippen molar-refractivity contribution in [2.45, 2.75) is 174 Å². The van der Waals surface area contributed by atoms with Crippen LogP contribution in [0.2, 0.25) is 0 Å². The van der Waals surface area contributed by atoms with Crippen LogP contribution in [0, 0.1) is 10.1 Å². The smallest absolute Gasteiger partial charge is 0.242 e. The highest BCUT2D eigenvalue weighted by atomic mass is 16.7. The maximum absolute atomic E-state index is 12.8. The van der Waals surface area contributed by atoms with E-state index < -0.39 is 11.1 Å². The zero-order valence-corrected chi connectivity index (χ0v) is 27.4. The van der Waals surface area contributed by atoms with E-state index in [4.69, 9.17) is 0 Å². The molecule has 0 aliphatic heterocycles. The van der Waals surface area contributed by atoms with E-state index in [2.05, 4.69) is 35.2 Å². The van der Waals surface area contributed by atoms with E-state index in [-0.39, 0.29) is 11.8 Å². The molecule has 0 radical (unpaired) electrons. The topological polar surface area (TPSA) is 125 Å². The second kappa shape index (κ2) is 30.1. The van der Waals surface area contributed by atoms with Gasteiger partial charge in [0.05, 0.1) is 0 Å². The number of allylic oxidation sites excluding steroid dienone is 1. The van der Waals surface area contributed by atoms with Gasteiger partial charge in [-0.15, -0.1) is 0 Å². The summed E-state index contributed by atoms with van der Waals surface area (Å²) < 4.78 is 0. The van der Waals surface area contributed by atoms with Gasteiger partial charge < -0.3 is 16.0 Å². The fraction of sp³-hybridized carbons (Fsp3) is 0.879. The number of carbonyl (C=O) groups excluding carboxylic acids is 2. The number of hydrogen-bond acceptors (Lipinski definition) is 5. The van der Waals surface area contributed by atoms with Crippen LogP contribution < -0.4 is 21.4 Å². The van der Waals surface area contributed by atoms with Crippen LogP contribution in [0.4, 0.5) is 0 Å². The molecular formula is C33H65N5O4. The number of hydrazine groups is 1. The van der Waals surface area contributed by atoms with Gasteiger partial charge in [0.2, 0.25) is 11.8 Å². The molecule has 0 spiro atoms. The van der Waals surface area contributed by atoms with Crippen LogP contribution in [0.25, 0.3) is 0 Å². The molecule has 0 saturated heterocycles. The molecule has 2 amide bonds. The molecular weight excluding hydrogens is 530 g/mol. The molecule has 0 aliphatic rings. The lowest BCUT2D eigenvalue weighted by Crippen LogP contribution is -2.47. The van der Waals surface area contributed by atoms with Crippen LogP contribution in [0.5, 0.6) is 0 Å². The van der Waals surface area contributed by atoms with Gasteiger partial charge in [-0.25, -0.2) is 10.1 Å². The molecule has 0 fully saturated rings. The van der Waals surface area contributed by atoms with Crippen molar-refractivity contribution >= 4 is 11.8 Å². The normalized spacial score (nSPS) is 12.1. The Balaban J connectivity index is 4.16. The fourth-order valence-electron chi connectivity index (χ4n) is 5.08. The van der Waals surface area contributed by atoms with Crippen LogP contribution in [0.1, 0.15) is 168 Å². The molecule has 246 valence electrons. The van der Waals surface area contributed by atoms with Gasteiger partial charge in [-0.05, 0) is 45.1 Å². The van der Waals surface area contributed by atoms with Crippen LogP contribution in [-0.4, -0.2) is 36.0 Å². The molecule has 0 saturated carbocycles. The van der Waals surface area contributed by atoms with Crippen molar-refractivity contribution in [3.05, 3.63) is 22.0 Å². The van der Waals surface area contributed by atoms with Gasteiger partial charge in [0, 0.05) is 19.5 Å². The second-order valence-corrected chi connectivity index (χ2v) is 11.7. The average molecular weight is 596 g/mol. The first-order valence-electron chi connectivity index (χ1n) is 17.3. The summed E-state index contributed by atoms with van der Waals surface area (Å²) >= 11 is 0. The first kappa shape index (κ1) is 39.7. The van der Waals surface area contributed by atoms with E-state index >= 15 is 0 Å². The van der Waals surface area contributed by atoms with E-state index in [9.17, 15) is 19.7 Å². The fourth-order valence-corrected chi connectivity index (χ4v) is 5.08. The number of nitro groups is 1. The Morgan fingerprint density at radius 1 is 0.667 bits per heavy atom. The predicted octanol–water partition coefficient (Wildman–Crippen LogP) is 7.83. The third-order valence-electron chi connectivity index (χ3n) is 7.72. The number of hydrogen-bond donors (Lipinski definition) is 4. The third-order valence-corrected chi connectivity index (χ3v) is 7.72. The number of rotatable bonds is 31. The minimum Gasteiger partial charge on any atom is -0.368 e. The Hall–Kier alpha value is -2.32. The standard InChI is InChI=1S/C33H65N5O4/c1-4-7-9-11-12-13-14-15-16-17-18-19-20-21-22-27-32(39)36-30(33(40)35-29-24-10-8-5-2)26-23-25-28-34-31(6-3)37-38(41)42/h6,30,34,37H,4-5,7-29H2,1-3H3,(H,35,40)(H,36,39)/b31-6+/t30-/m0/s1. The molecule has 9 heteroatoms. The Bertz CT molecular complexity index is 702. The summed E-state index contributed by atoms with van der Waals surface area (Å²) in [7, 11) is 0. The highest BCUT2D eigenvalue weighted by Crippen LogP contribution is 2.14. The van der Waals surface area contributed by atoms with Crippen LogP contribution in [-0.2, 0) is 9.59 Å². The lowest BCUT2D eigenvalue weighted by molar-refractivity contribution is -0.536. The Labute approximate surface area is 257 Å².